The fourth-order valence-electron chi connectivity index (χ4n) is 2.42. The molecule has 0 bridgehead atoms. The molecule has 0 atom stereocenters. The summed E-state index contributed by atoms with van der Waals surface area (Å²) in [5.74, 6) is -0.101. The van der Waals surface area contributed by atoms with Crippen molar-refractivity contribution in [3.05, 3.63) is 44.6 Å². The maximum Gasteiger partial charge on any atom is 0.265 e. The number of aryl methyl sites for hydroxylation is 2. The first-order chi connectivity index (χ1) is 9.63. The number of nitrogen functional groups attached to an aromatic ring is 1. The molecule has 0 aliphatic heterocycles. The van der Waals surface area contributed by atoms with E-state index in [4.69, 9.17) is 17.3 Å². The molecule has 1 aromatic carbocycles. The van der Waals surface area contributed by atoms with E-state index in [9.17, 15) is 4.79 Å². The van der Waals surface area contributed by atoms with Crippen LogP contribution in [0, 0.1) is 0 Å². The Labute approximate surface area is 126 Å². The molecule has 2 aromatic rings. The summed E-state index contributed by atoms with van der Waals surface area (Å²) >= 11 is 7.66. The van der Waals surface area contributed by atoms with Crippen molar-refractivity contribution >= 4 is 40.2 Å². The monoisotopic (exact) mass is 306 g/mol. The van der Waals surface area contributed by atoms with E-state index in [0.717, 1.165) is 17.7 Å². The van der Waals surface area contributed by atoms with Crippen molar-refractivity contribution in [3.8, 4) is 0 Å². The van der Waals surface area contributed by atoms with Gasteiger partial charge in [-0.1, -0.05) is 11.6 Å². The summed E-state index contributed by atoms with van der Waals surface area (Å²) in [5, 5.41) is 3.30. The number of halogens is 1. The molecule has 1 heterocycles. The number of hydrogen-bond acceptors (Lipinski definition) is 3. The number of amides is 1. The molecule has 0 unspecified atom stereocenters. The van der Waals surface area contributed by atoms with Crippen LogP contribution >= 0.6 is 22.9 Å². The Hall–Kier alpha value is -1.52. The standard InChI is InChI=1S/C15H15ClN2OS/c16-11-8-10(17)5-6-12(11)18-15(19)14-7-9-3-1-2-4-13(9)20-14/h5-8H,1-4,17H2,(H,18,19). The van der Waals surface area contributed by atoms with Crippen LogP contribution in [0.4, 0.5) is 11.4 Å². The van der Waals surface area contributed by atoms with Crippen molar-refractivity contribution in [1.29, 1.82) is 0 Å². The van der Waals surface area contributed by atoms with Crippen molar-refractivity contribution in [1.82, 2.24) is 0 Å². The number of carbonyl (C=O) groups excluding carboxylic acids is 1. The van der Waals surface area contributed by atoms with Crippen molar-refractivity contribution in [2.75, 3.05) is 11.1 Å². The van der Waals surface area contributed by atoms with Gasteiger partial charge in [0.2, 0.25) is 0 Å². The highest BCUT2D eigenvalue weighted by atomic mass is 35.5. The molecule has 1 aliphatic rings. The molecule has 0 saturated carbocycles. The quantitative estimate of drug-likeness (QED) is 0.820. The normalized spacial score (nSPS) is 13.8. The fourth-order valence-corrected chi connectivity index (χ4v) is 3.80. The lowest BCUT2D eigenvalue weighted by atomic mass is 9.99. The van der Waals surface area contributed by atoms with Gasteiger partial charge in [-0.05, 0) is 55.5 Å². The molecule has 3 nitrogen and oxygen atoms in total. The minimum Gasteiger partial charge on any atom is -0.399 e. The van der Waals surface area contributed by atoms with E-state index >= 15 is 0 Å². The van der Waals surface area contributed by atoms with E-state index in [-0.39, 0.29) is 5.91 Å². The van der Waals surface area contributed by atoms with Gasteiger partial charge in [-0.25, -0.2) is 0 Å². The van der Waals surface area contributed by atoms with Crippen LogP contribution in [0.15, 0.2) is 24.3 Å². The van der Waals surface area contributed by atoms with Crippen LogP contribution < -0.4 is 11.1 Å². The maximum absolute atomic E-state index is 12.3. The molecule has 0 fully saturated rings. The minimum absolute atomic E-state index is 0.101. The van der Waals surface area contributed by atoms with E-state index in [0.29, 0.717) is 16.4 Å². The highest BCUT2D eigenvalue weighted by molar-refractivity contribution is 7.14. The van der Waals surface area contributed by atoms with Gasteiger partial charge in [-0.2, -0.15) is 0 Å². The zero-order valence-electron chi connectivity index (χ0n) is 10.9. The lowest BCUT2D eigenvalue weighted by Gasteiger charge is -2.08. The molecule has 0 saturated heterocycles. The second-order valence-corrected chi connectivity index (χ2v) is 6.50. The van der Waals surface area contributed by atoms with E-state index in [1.54, 1.807) is 29.5 Å². The van der Waals surface area contributed by atoms with Crippen LogP contribution in [0.2, 0.25) is 5.02 Å². The second-order valence-electron chi connectivity index (χ2n) is 4.96. The molecule has 3 rings (SSSR count). The molecular weight excluding hydrogens is 292 g/mol. The van der Waals surface area contributed by atoms with E-state index in [1.807, 2.05) is 6.07 Å². The largest absolute Gasteiger partial charge is 0.399 e. The Balaban J connectivity index is 1.80. The first kappa shape index (κ1) is 13.5. The van der Waals surface area contributed by atoms with E-state index < -0.39 is 0 Å². The Kier molecular flexibility index (Phi) is 3.68. The predicted octanol–water partition coefficient (Wildman–Crippen LogP) is 4.11. The average Bonchev–Trinajstić information content (AvgIpc) is 2.86. The lowest BCUT2D eigenvalue weighted by molar-refractivity contribution is 0.103. The van der Waals surface area contributed by atoms with Crippen LogP contribution in [0.25, 0.3) is 0 Å². The van der Waals surface area contributed by atoms with Crippen LogP contribution in [-0.4, -0.2) is 5.91 Å². The number of hydrogen-bond donors (Lipinski definition) is 2. The zero-order valence-corrected chi connectivity index (χ0v) is 12.5. The van der Waals surface area contributed by atoms with Gasteiger partial charge in [-0.15, -0.1) is 11.3 Å². The Morgan fingerprint density at radius 1 is 1.25 bits per heavy atom. The minimum atomic E-state index is -0.101. The third-order valence-corrected chi connectivity index (χ3v) is 5.01. The first-order valence-electron chi connectivity index (χ1n) is 6.61. The van der Waals surface area contributed by atoms with Gasteiger partial charge in [0.15, 0.2) is 0 Å². The number of thiophene rings is 1. The Bertz CT molecular complexity index is 642. The van der Waals surface area contributed by atoms with Crippen molar-refractivity contribution in [3.63, 3.8) is 0 Å². The number of rotatable bonds is 2. The Morgan fingerprint density at radius 3 is 2.80 bits per heavy atom. The molecule has 1 aromatic heterocycles. The number of benzene rings is 1. The number of fused-ring (bicyclic) bond motifs is 1. The van der Waals surface area contributed by atoms with Gasteiger partial charge in [0.25, 0.3) is 5.91 Å². The summed E-state index contributed by atoms with van der Waals surface area (Å²) in [7, 11) is 0. The third kappa shape index (κ3) is 2.67. The van der Waals surface area contributed by atoms with Crippen LogP contribution in [0.1, 0.15) is 33.0 Å². The molecule has 0 spiro atoms. The topological polar surface area (TPSA) is 55.1 Å². The zero-order chi connectivity index (χ0) is 14.1. The molecule has 3 N–H and O–H groups in total. The summed E-state index contributed by atoms with van der Waals surface area (Å²) in [6.07, 6.45) is 4.62. The summed E-state index contributed by atoms with van der Waals surface area (Å²) in [6.45, 7) is 0. The Morgan fingerprint density at radius 2 is 2.05 bits per heavy atom. The highest BCUT2D eigenvalue weighted by Crippen LogP contribution is 2.31. The molecular formula is C15H15ClN2OS. The smallest absolute Gasteiger partial charge is 0.265 e. The lowest BCUT2D eigenvalue weighted by Crippen LogP contribution is -2.10. The summed E-state index contributed by atoms with van der Waals surface area (Å²) < 4.78 is 0. The highest BCUT2D eigenvalue weighted by Gasteiger charge is 2.17. The summed E-state index contributed by atoms with van der Waals surface area (Å²) in [4.78, 5) is 14.4. The molecule has 1 aliphatic carbocycles. The van der Waals surface area contributed by atoms with E-state index in [2.05, 4.69) is 5.32 Å². The maximum atomic E-state index is 12.3. The molecule has 5 heteroatoms. The molecule has 20 heavy (non-hydrogen) atoms. The fraction of sp³-hybridized carbons (Fsp3) is 0.267. The number of carbonyl (C=O) groups is 1. The van der Waals surface area contributed by atoms with Gasteiger partial charge < -0.3 is 11.1 Å². The van der Waals surface area contributed by atoms with Crippen molar-refractivity contribution < 1.29 is 4.79 Å². The van der Waals surface area contributed by atoms with Crippen LogP contribution in [0.3, 0.4) is 0 Å². The van der Waals surface area contributed by atoms with Gasteiger partial charge >= 0.3 is 0 Å². The SMILES string of the molecule is Nc1ccc(NC(=O)c2cc3c(s2)CCCC3)c(Cl)c1. The number of nitrogens with one attached hydrogen (secondary N) is 1. The first-order valence-corrected chi connectivity index (χ1v) is 7.81. The van der Waals surface area contributed by atoms with Crippen molar-refractivity contribution in [2.24, 2.45) is 0 Å². The third-order valence-electron chi connectivity index (χ3n) is 3.46. The van der Waals surface area contributed by atoms with Gasteiger partial charge in [-0.3, -0.25) is 4.79 Å². The second kappa shape index (κ2) is 5.46. The average molecular weight is 307 g/mol. The predicted molar refractivity (Wildman–Crippen MR) is 84.8 cm³/mol. The molecule has 104 valence electrons. The van der Waals surface area contributed by atoms with Crippen LogP contribution in [-0.2, 0) is 12.8 Å². The number of anilines is 2. The van der Waals surface area contributed by atoms with E-state index in [1.165, 1.54) is 23.3 Å². The van der Waals surface area contributed by atoms with Gasteiger partial charge in [0, 0.05) is 10.6 Å². The van der Waals surface area contributed by atoms with Gasteiger partial charge in [0.1, 0.15) is 0 Å². The van der Waals surface area contributed by atoms with Crippen LogP contribution in [0.5, 0.6) is 0 Å². The van der Waals surface area contributed by atoms with Crippen molar-refractivity contribution in [2.45, 2.75) is 25.7 Å². The molecule has 1 amide bonds. The summed E-state index contributed by atoms with van der Waals surface area (Å²) in [5.41, 5.74) is 8.15. The molecule has 0 radical (unpaired) electrons. The summed E-state index contributed by atoms with van der Waals surface area (Å²) in [6, 6.07) is 7.10. The van der Waals surface area contributed by atoms with Gasteiger partial charge in [0.05, 0.1) is 15.6 Å². The number of nitrogens with two attached hydrogens (primary N) is 1.